The van der Waals surface area contributed by atoms with E-state index in [4.69, 9.17) is 14.2 Å². The molecule has 0 aliphatic carbocycles. The second-order valence-corrected chi connectivity index (χ2v) is 6.28. The van der Waals surface area contributed by atoms with Crippen LogP contribution in [0.3, 0.4) is 0 Å². The van der Waals surface area contributed by atoms with Gasteiger partial charge in [0.15, 0.2) is 0 Å². The van der Waals surface area contributed by atoms with Crippen molar-refractivity contribution in [3.8, 4) is 5.75 Å². The molecule has 0 fully saturated rings. The summed E-state index contributed by atoms with van der Waals surface area (Å²) >= 11 is 1.25. The Kier molecular flexibility index (Phi) is 5.59. The third kappa shape index (κ3) is 4.06. The molecule has 2 aromatic heterocycles. The zero-order chi connectivity index (χ0) is 18.5. The number of carbonyl (C=O) groups is 1. The Morgan fingerprint density at radius 1 is 1.23 bits per heavy atom. The van der Waals surface area contributed by atoms with Gasteiger partial charge in [-0.15, -0.1) is 0 Å². The fourth-order valence-corrected chi connectivity index (χ4v) is 3.12. The second-order valence-electron chi connectivity index (χ2n) is 5.24. The molecule has 0 bridgehead atoms. The van der Waals surface area contributed by atoms with Gasteiger partial charge < -0.3 is 14.2 Å². The van der Waals surface area contributed by atoms with E-state index in [9.17, 15) is 9.59 Å². The maximum absolute atomic E-state index is 12.1. The monoisotopic (exact) mass is 375 g/mol. The number of nitrogens with zero attached hydrogens (tertiary/aromatic N) is 3. The summed E-state index contributed by atoms with van der Waals surface area (Å²) in [6.07, 6.45) is 0. The molecule has 3 aromatic rings. The topological polar surface area (TPSA) is 92.0 Å². The van der Waals surface area contributed by atoms with Crippen LogP contribution in [0, 0.1) is 0 Å². The van der Waals surface area contributed by atoms with Crippen LogP contribution in [0.15, 0.2) is 35.1 Å². The lowest BCUT2D eigenvalue weighted by atomic mass is 10.2. The molecule has 0 amide bonds. The molecule has 0 unspecified atom stereocenters. The molecule has 8 nitrogen and oxygen atoms in total. The summed E-state index contributed by atoms with van der Waals surface area (Å²) in [5.74, 6) is 0.181. The van der Waals surface area contributed by atoms with Crippen LogP contribution in [0.4, 0.5) is 0 Å². The van der Waals surface area contributed by atoms with Gasteiger partial charge >= 0.3 is 5.97 Å². The van der Waals surface area contributed by atoms with Crippen molar-refractivity contribution in [1.82, 2.24) is 14.6 Å². The fraction of sp³-hybridized carbons (Fsp3) is 0.294. The smallest absolute Gasteiger partial charge is 0.338 e. The van der Waals surface area contributed by atoms with Gasteiger partial charge in [-0.25, -0.2) is 9.78 Å². The van der Waals surface area contributed by atoms with Gasteiger partial charge in [0.05, 0.1) is 24.5 Å². The van der Waals surface area contributed by atoms with Gasteiger partial charge in [-0.1, -0.05) is 11.3 Å². The zero-order valence-electron chi connectivity index (χ0n) is 14.3. The molecule has 0 aliphatic heterocycles. The number of methoxy groups -OCH3 is 1. The van der Waals surface area contributed by atoms with E-state index in [0.29, 0.717) is 40.2 Å². The maximum Gasteiger partial charge on any atom is 0.338 e. The van der Waals surface area contributed by atoms with Crippen LogP contribution in [0.2, 0.25) is 0 Å². The lowest BCUT2D eigenvalue weighted by molar-refractivity contribution is 0.0467. The standard InChI is InChI=1S/C17H17N3O5S/c1-3-24-13-6-4-11(5-7-13)16(22)25-9-12-8-15(21)20-17(18-12)26-14(19-20)10-23-2/h4-8H,3,9-10H2,1-2H3. The predicted octanol–water partition coefficient (Wildman–Crippen LogP) is 2.05. The lowest BCUT2D eigenvalue weighted by Crippen LogP contribution is -2.16. The second kappa shape index (κ2) is 8.07. The Morgan fingerprint density at radius 3 is 2.69 bits per heavy atom. The van der Waals surface area contributed by atoms with E-state index >= 15 is 0 Å². The van der Waals surface area contributed by atoms with Crippen LogP contribution in [0.5, 0.6) is 5.75 Å². The van der Waals surface area contributed by atoms with Gasteiger partial charge in [0.2, 0.25) is 4.96 Å². The Bertz CT molecular complexity index is 965. The van der Waals surface area contributed by atoms with Gasteiger partial charge in [0.1, 0.15) is 17.4 Å². The molecule has 0 radical (unpaired) electrons. The molecule has 136 valence electrons. The summed E-state index contributed by atoms with van der Waals surface area (Å²) in [6.45, 7) is 2.64. The highest BCUT2D eigenvalue weighted by Crippen LogP contribution is 2.15. The zero-order valence-corrected chi connectivity index (χ0v) is 15.1. The average Bonchev–Trinajstić information content (AvgIpc) is 3.04. The molecular weight excluding hydrogens is 358 g/mol. The molecule has 1 aromatic carbocycles. The van der Waals surface area contributed by atoms with Crippen molar-refractivity contribution in [3.05, 3.63) is 57.0 Å². The predicted molar refractivity (Wildman–Crippen MR) is 94.6 cm³/mol. The summed E-state index contributed by atoms with van der Waals surface area (Å²) in [5.41, 5.74) is 0.425. The molecule has 9 heteroatoms. The van der Waals surface area contributed by atoms with E-state index < -0.39 is 5.97 Å². The first kappa shape index (κ1) is 18.0. The van der Waals surface area contributed by atoms with E-state index in [-0.39, 0.29) is 12.2 Å². The van der Waals surface area contributed by atoms with Crippen LogP contribution >= 0.6 is 11.3 Å². The molecule has 3 rings (SSSR count). The maximum atomic E-state index is 12.1. The molecule has 2 heterocycles. The van der Waals surface area contributed by atoms with Crippen LogP contribution in [-0.4, -0.2) is 34.3 Å². The van der Waals surface area contributed by atoms with Crippen LogP contribution < -0.4 is 10.3 Å². The number of hydrogen-bond donors (Lipinski definition) is 0. The number of benzene rings is 1. The molecule has 0 saturated heterocycles. The largest absolute Gasteiger partial charge is 0.494 e. The van der Waals surface area contributed by atoms with Gasteiger partial charge in [-0.3, -0.25) is 4.79 Å². The third-order valence-electron chi connectivity index (χ3n) is 3.36. The first-order valence-corrected chi connectivity index (χ1v) is 8.70. The number of rotatable bonds is 7. The number of esters is 1. The van der Waals surface area contributed by atoms with E-state index in [1.807, 2.05) is 6.92 Å². The quantitative estimate of drug-likeness (QED) is 0.584. The van der Waals surface area contributed by atoms with Gasteiger partial charge in [-0.2, -0.15) is 9.61 Å². The minimum atomic E-state index is -0.501. The van der Waals surface area contributed by atoms with E-state index in [0.717, 1.165) is 0 Å². The van der Waals surface area contributed by atoms with Crippen LogP contribution in [0.25, 0.3) is 4.96 Å². The highest BCUT2D eigenvalue weighted by molar-refractivity contribution is 7.16. The Balaban J connectivity index is 1.70. The Morgan fingerprint density at radius 2 is 2.00 bits per heavy atom. The molecular formula is C17H17N3O5S. The summed E-state index contributed by atoms with van der Waals surface area (Å²) in [6, 6.07) is 7.95. The highest BCUT2D eigenvalue weighted by atomic mass is 32.1. The SMILES string of the molecule is CCOc1ccc(C(=O)OCc2cc(=O)n3nc(COC)sc3n2)cc1. The van der Waals surface area contributed by atoms with Crippen molar-refractivity contribution in [3.63, 3.8) is 0 Å². The van der Waals surface area contributed by atoms with E-state index in [1.54, 1.807) is 31.4 Å². The summed E-state index contributed by atoms with van der Waals surface area (Å²) in [7, 11) is 1.55. The third-order valence-corrected chi connectivity index (χ3v) is 4.24. The number of carbonyl (C=O) groups excluding carboxylic acids is 1. The van der Waals surface area contributed by atoms with E-state index in [2.05, 4.69) is 10.1 Å². The van der Waals surface area contributed by atoms with Crippen molar-refractivity contribution >= 4 is 22.3 Å². The fourth-order valence-electron chi connectivity index (χ4n) is 2.23. The summed E-state index contributed by atoms with van der Waals surface area (Å²) < 4.78 is 16.8. The minimum absolute atomic E-state index is 0.102. The van der Waals surface area contributed by atoms with Gasteiger partial charge in [-0.05, 0) is 31.2 Å². The lowest BCUT2D eigenvalue weighted by Gasteiger charge is -2.06. The molecule has 0 saturated carbocycles. The van der Waals surface area contributed by atoms with Crippen molar-refractivity contribution in [1.29, 1.82) is 0 Å². The number of fused-ring (bicyclic) bond motifs is 1. The number of aromatic nitrogens is 3. The van der Waals surface area contributed by atoms with Crippen LogP contribution in [-0.2, 0) is 22.7 Å². The minimum Gasteiger partial charge on any atom is -0.494 e. The Labute approximate surface area is 153 Å². The van der Waals surface area contributed by atoms with Crippen molar-refractivity contribution in [2.24, 2.45) is 0 Å². The normalized spacial score (nSPS) is 10.8. The molecule has 0 aliphatic rings. The average molecular weight is 375 g/mol. The van der Waals surface area contributed by atoms with Crippen LogP contribution in [0.1, 0.15) is 28.0 Å². The molecule has 0 N–H and O–H groups in total. The first-order chi connectivity index (χ1) is 12.6. The van der Waals surface area contributed by atoms with Gasteiger partial charge in [0.25, 0.3) is 5.56 Å². The van der Waals surface area contributed by atoms with Gasteiger partial charge in [0, 0.05) is 13.2 Å². The molecule has 0 spiro atoms. The van der Waals surface area contributed by atoms with Crippen molar-refractivity contribution in [2.75, 3.05) is 13.7 Å². The molecule has 0 atom stereocenters. The Hall–Kier alpha value is -2.78. The van der Waals surface area contributed by atoms with Crippen molar-refractivity contribution in [2.45, 2.75) is 20.1 Å². The number of ether oxygens (including phenoxy) is 3. The first-order valence-electron chi connectivity index (χ1n) is 7.88. The highest BCUT2D eigenvalue weighted by Gasteiger charge is 2.12. The summed E-state index contributed by atoms with van der Waals surface area (Å²) in [5, 5.41) is 4.76. The van der Waals surface area contributed by atoms with E-state index in [1.165, 1.54) is 21.9 Å². The molecule has 26 heavy (non-hydrogen) atoms. The number of hydrogen-bond acceptors (Lipinski definition) is 8. The van der Waals surface area contributed by atoms with Crippen molar-refractivity contribution < 1.29 is 19.0 Å². The summed E-state index contributed by atoms with van der Waals surface area (Å²) in [4.78, 5) is 29.0.